The molecule has 70 heavy (non-hydrogen) atoms. The molecule has 5 rings (SSSR count). The largest absolute Gasteiger partial charge is 0.466 e. The van der Waals surface area contributed by atoms with Gasteiger partial charge in [0.1, 0.15) is 36.3 Å². The Labute approximate surface area is 413 Å². The number of carbonyl (C=O) groups is 4. The normalized spacial score (nSPS) is 35.6. The Kier molecular flexibility index (Phi) is 21.7. The van der Waals surface area contributed by atoms with Crippen molar-refractivity contribution >= 4 is 35.1 Å². The number of hydrogen-bond acceptors (Lipinski definition) is 18. The van der Waals surface area contributed by atoms with Crippen LogP contribution in [0.15, 0.2) is 48.7 Å². The van der Waals surface area contributed by atoms with Gasteiger partial charge in [-0.1, -0.05) is 51.1 Å². The molecule has 0 amide bonds. The van der Waals surface area contributed by atoms with Crippen LogP contribution >= 0.6 is 0 Å². The number of ether oxygens (including phenoxy) is 8. The Morgan fingerprint density at radius 2 is 1.70 bits per heavy atom. The summed E-state index contributed by atoms with van der Waals surface area (Å²) in [5.41, 5.74) is 0.474. The first-order valence-electron chi connectivity index (χ1n) is 24.8. The number of rotatable bonds is 15. The average Bonchev–Trinajstić information content (AvgIpc) is 3.30. The highest BCUT2D eigenvalue weighted by Crippen LogP contribution is 2.38. The van der Waals surface area contributed by atoms with E-state index < -0.39 is 115 Å². The summed E-state index contributed by atoms with van der Waals surface area (Å²) >= 11 is 0. The van der Waals surface area contributed by atoms with E-state index in [0.29, 0.717) is 25.9 Å². The van der Waals surface area contributed by atoms with Crippen LogP contribution < -0.4 is 0 Å². The molecule has 392 valence electrons. The lowest BCUT2D eigenvalue weighted by atomic mass is 9.82. The zero-order chi connectivity index (χ0) is 51.3. The van der Waals surface area contributed by atoms with Gasteiger partial charge in [-0.25, -0.2) is 0 Å². The Hall–Kier alpha value is -3.95. The number of pyridine rings is 1. The number of nitrogens with zero attached hydrogens (tertiary/aromatic N) is 3. The van der Waals surface area contributed by atoms with Crippen molar-refractivity contribution in [2.24, 2.45) is 17.8 Å². The van der Waals surface area contributed by atoms with Crippen molar-refractivity contribution in [1.29, 1.82) is 0 Å². The summed E-state index contributed by atoms with van der Waals surface area (Å²) in [7, 11) is 6.82. The third-order valence-electron chi connectivity index (χ3n) is 13.8. The van der Waals surface area contributed by atoms with Crippen LogP contribution in [0.25, 0.3) is 10.9 Å². The number of cyclic esters (lactones) is 1. The summed E-state index contributed by atoms with van der Waals surface area (Å²) in [4.78, 5) is 60.0. The Morgan fingerprint density at radius 1 is 0.986 bits per heavy atom. The van der Waals surface area contributed by atoms with Gasteiger partial charge in [0.25, 0.3) is 0 Å². The molecule has 4 heterocycles. The first-order chi connectivity index (χ1) is 33.3. The Balaban J connectivity index is 1.40. The summed E-state index contributed by atoms with van der Waals surface area (Å²) in [6.45, 7) is 11.1. The SMILES string of the molecule is CCC(=O)O[C@@H]1CC(=O)OCCC(/C=C\Cc2cnc3ccccc3c2)CN(C)C[C@H](O)[C@H](C)C[C@H](CC=O)[C@H](O[C@@H]2OC(C)[C@@H](O[C@H]3CC(C)(O)[C@@H](OC(=O)CC)C(C)O3)C(N(C)C)C2O)[C@H]1OC. The van der Waals surface area contributed by atoms with Crippen molar-refractivity contribution in [3.05, 3.63) is 54.2 Å². The lowest BCUT2D eigenvalue weighted by Gasteiger charge is -2.50. The fourth-order valence-corrected chi connectivity index (χ4v) is 10.0. The van der Waals surface area contributed by atoms with Gasteiger partial charge in [-0.2, -0.15) is 0 Å². The number of aliphatic hydroxyl groups excluding tert-OH is 2. The van der Waals surface area contributed by atoms with E-state index in [1.807, 2.05) is 49.3 Å². The number of likely N-dealkylation sites (N-methyl/N-ethyl adjacent to an activating group) is 2. The van der Waals surface area contributed by atoms with Crippen molar-refractivity contribution in [1.82, 2.24) is 14.8 Å². The first-order valence-corrected chi connectivity index (χ1v) is 24.8. The molecule has 1 aromatic carbocycles. The zero-order valence-electron chi connectivity index (χ0n) is 42.7. The second-order valence-corrected chi connectivity index (χ2v) is 19.8. The molecule has 18 nitrogen and oxygen atoms in total. The maximum Gasteiger partial charge on any atom is 0.309 e. The maximum atomic E-state index is 13.8. The molecule has 2 aromatic rings. The van der Waals surface area contributed by atoms with Crippen molar-refractivity contribution < 1.29 is 72.4 Å². The van der Waals surface area contributed by atoms with Gasteiger partial charge in [0, 0.05) is 57.5 Å². The van der Waals surface area contributed by atoms with Crippen LogP contribution in [0, 0.1) is 17.8 Å². The van der Waals surface area contributed by atoms with E-state index in [0.717, 1.165) is 22.8 Å². The highest BCUT2D eigenvalue weighted by atomic mass is 16.7. The Bertz CT molecular complexity index is 2020. The van der Waals surface area contributed by atoms with Crippen molar-refractivity contribution in [2.45, 2.75) is 172 Å². The Morgan fingerprint density at radius 3 is 2.37 bits per heavy atom. The van der Waals surface area contributed by atoms with E-state index in [1.54, 1.807) is 53.6 Å². The smallest absolute Gasteiger partial charge is 0.309 e. The van der Waals surface area contributed by atoms with Crippen LogP contribution in [0.5, 0.6) is 0 Å². The van der Waals surface area contributed by atoms with Crippen molar-refractivity contribution in [3.8, 4) is 0 Å². The highest BCUT2D eigenvalue weighted by Gasteiger charge is 2.53. The molecule has 3 aliphatic heterocycles. The molecular formula is C52H79N3O15. The summed E-state index contributed by atoms with van der Waals surface area (Å²) in [5.74, 6) is -2.89. The molecule has 0 radical (unpaired) electrons. The van der Waals surface area contributed by atoms with Crippen LogP contribution in [-0.2, 0) is 63.5 Å². The fraction of sp³-hybridized carbons (Fsp3) is 0.712. The fourth-order valence-electron chi connectivity index (χ4n) is 10.0. The van der Waals surface area contributed by atoms with Gasteiger partial charge < -0.3 is 67.8 Å². The summed E-state index contributed by atoms with van der Waals surface area (Å²) < 4.78 is 49.3. The molecule has 18 heteroatoms. The van der Waals surface area contributed by atoms with Crippen LogP contribution in [-0.4, -0.2) is 181 Å². The number of hydrogen-bond donors (Lipinski definition) is 3. The van der Waals surface area contributed by atoms with E-state index in [4.69, 9.17) is 37.9 Å². The van der Waals surface area contributed by atoms with E-state index in [9.17, 15) is 34.5 Å². The van der Waals surface area contributed by atoms with Crippen LogP contribution in [0.3, 0.4) is 0 Å². The van der Waals surface area contributed by atoms with Crippen LogP contribution in [0.2, 0.25) is 0 Å². The number of methoxy groups -OCH3 is 1. The monoisotopic (exact) mass is 986 g/mol. The molecule has 3 fully saturated rings. The van der Waals surface area contributed by atoms with Gasteiger partial charge in [0.15, 0.2) is 18.7 Å². The zero-order valence-corrected chi connectivity index (χ0v) is 42.7. The third-order valence-corrected chi connectivity index (χ3v) is 13.8. The molecule has 3 N–H and O–H groups in total. The van der Waals surface area contributed by atoms with Gasteiger partial charge in [-0.15, -0.1) is 0 Å². The first kappa shape index (κ1) is 57.0. The van der Waals surface area contributed by atoms with Gasteiger partial charge in [-0.05, 0) is 96.6 Å². The number of aromatic nitrogens is 1. The number of aliphatic hydroxyl groups is 3. The molecule has 0 saturated carbocycles. The third kappa shape index (κ3) is 15.5. The van der Waals surface area contributed by atoms with Gasteiger partial charge in [0.05, 0.1) is 49.0 Å². The van der Waals surface area contributed by atoms with Crippen LogP contribution in [0.4, 0.5) is 0 Å². The van der Waals surface area contributed by atoms with E-state index >= 15 is 0 Å². The highest BCUT2D eigenvalue weighted by molar-refractivity contribution is 5.78. The molecule has 0 aliphatic carbocycles. The lowest BCUT2D eigenvalue weighted by molar-refractivity contribution is -0.344. The van der Waals surface area contributed by atoms with Gasteiger partial charge in [-0.3, -0.25) is 19.4 Å². The molecule has 3 saturated heterocycles. The molecule has 16 atom stereocenters. The number of para-hydroxylation sites is 1. The predicted molar refractivity (Wildman–Crippen MR) is 258 cm³/mol. The standard InChI is InChI=1S/C52H79N3O15/c1-11-41(58)67-40-26-43(60)64-23-21-34(16-15-17-35-25-36-18-13-14-19-38(36)53-28-35)29-55(9)30-39(57)31(3)24-37(20-22-56)48(49(40)63-10)70-51-46(61)45(54(7)8)47(32(4)66-51)69-44-27-52(6,62)50(33(5)65-44)68-42(59)12-2/h13-16,18-19,22,25,28,31-34,37,39-40,44-51,57,61-62H,11-12,17,20-21,23-24,26-27,29-30H2,1-10H3/b16-15-/t31-,32?,33?,34?,37+,39+,40-,44+,45?,46?,47-,48+,49+,50+,51+,52?/m1/s1. The number of aldehydes is 1. The minimum absolute atomic E-state index is 0.0113. The molecule has 0 spiro atoms. The number of carbonyl (C=O) groups excluding carboxylic acids is 4. The lowest BCUT2D eigenvalue weighted by Crippen LogP contribution is -2.66. The molecule has 3 aliphatic rings. The second-order valence-electron chi connectivity index (χ2n) is 19.8. The van der Waals surface area contributed by atoms with Gasteiger partial charge >= 0.3 is 17.9 Å². The average molecular weight is 986 g/mol. The van der Waals surface area contributed by atoms with E-state index in [2.05, 4.69) is 23.2 Å². The minimum atomic E-state index is -1.50. The molecule has 0 bridgehead atoms. The summed E-state index contributed by atoms with van der Waals surface area (Å²) in [5, 5.41) is 36.5. The van der Waals surface area contributed by atoms with Gasteiger partial charge in [0.2, 0.25) is 0 Å². The number of fused-ring (bicyclic) bond motifs is 1. The van der Waals surface area contributed by atoms with Crippen LogP contribution in [0.1, 0.15) is 92.1 Å². The molecule has 6 unspecified atom stereocenters. The maximum absolute atomic E-state index is 13.8. The second kappa shape index (κ2) is 26.7. The predicted octanol–water partition coefficient (Wildman–Crippen LogP) is 4.16. The van der Waals surface area contributed by atoms with Crippen molar-refractivity contribution in [3.63, 3.8) is 0 Å². The minimum Gasteiger partial charge on any atom is -0.466 e. The number of allylic oxidation sites excluding steroid dienone is 1. The quantitative estimate of drug-likeness (QED) is 0.0987. The topological polar surface area (TPSA) is 222 Å². The number of benzene rings is 1. The number of esters is 3. The van der Waals surface area contributed by atoms with E-state index in [1.165, 1.54) is 7.11 Å². The van der Waals surface area contributed by atoms with E-state index in [-0.39, 0.29) is 44.6 Å². The number of β-amino-alcohol motifs (C(OH)–C–C–N with tert-alkyl or cyclic N) is 1. The summed E-state index contributed by atoms with van der Waals surface area (Å²) in [6.07, 6.45) is -3.78. The molecule has 1 aromatic heterocycles. The molecular weight excluding hydrogens is 907 g/mol. The summed E-state index contributed by atoms with van der Waals surface area (Å²) in [6, 6.07) is 9.26. The van der Waals surface area contributed by atoms with Crippen molar-refractivity contribution in [2.75, 3.05) is 47.9 Å².